The lowest BCUT2D eigenvalue weighted by Gasteiger charge is -2.36. The monoisotopic (exact) mass is 238 g/mol. The predicted octanol–water partition coefficient (Wildman–Crippen LogP) is 3.19. The Morgan fingerprint density at radius 2 is 2.00 bits per heavy atom. The summed E-state index contributed by atoms with van der Waals surface area (Å²) in [5, 5.41) is 0.219. The molecule has 0 amide bonds. The molecule has 1 heterocycles. The third kappa shape index (κ3) is 3.06. The Morgan fingerprint density at radius 1 is 1.38 bits per heavy atom. The molecule has 0 saturated heterocycles. The maximum absolute atomic E-state index is 6.06. The van der Waals surface area contributed by atoms with Gasteiger partial charge in [-0.15, -0.1) is 0 Å². The molecule has 0 aliphatic rings. The van der Waals surface area contributed by atoms with E-state index in [0.717, 1.165) is 5.69 Å². The van der Waals surface area contributed by atoms with Crippen molar-refractivity contribution in [1.29, 1.82) is 0 Å². The summed E-state index contributed by atoms with van der Waals surface area (Å²) in [5.41, 5.74) is 7.38. The highest BCUT2D eigenvalue weighted by molar-refractivity contribution is 6.74. The van der Waals surface area contributed by atoms with E-state index in [-0.39, 0.29) is 5.04 Å². The number of pyridine rings is 1. The van der Waals surface area contributed by atoms with E-state index < -0.39 is 8.32 Å². The summed E-state index contributed by atoms with van der Waals surface area (Å²) in [5.74, 6) is 0. The molecule has 1 aromatic rings. The minimum absolute atomic E-state index is 0.219. The van der Waals surface area contributed by atoms with Gasteiger partial charge in [0.05, 0.1) is 18.0 Å². The van der Waals surface area contributed by atoms with Gasteiger partial charge in [0.15, 0.2) is 8.32 Å². The molecule has 0 saturated carbocycles. The Bertz CT molecular complexity index is 358. The van der Waals surface area contributed by atoms with Crippen molar-refractivity contribution in [2.45, 2.75) is 45.5 Å². The minimum Gasteiger partial charge on any atom is -0.411 e. The van der Waals surface area contributed by atoms with Crippen LogP contribution in [0.5, 0.6) is 0 Å². The van der Waals surface area contributed by atoms with Gasteiger partial charge in [0.2, 0.25) is 0 Å². The molecule has 0 bridgehead atoms. The summed E-state index contributed by atoms with van der Waals surface area (Å²) in [6.07, 6.45) is 1.75. The van der Waals surface area contributed by atoms with E-state index >= 15 is 0 Å². The third-order valence-corrected chi connectivity index (χ3v) is 7.78. The molecular weight excluding hydrogens is 216 g/mol. The first-order chi connectivity index (χ1) is 7.24. The number of nitrogens with two attached hydrogens (primary N) is 1. The molecule has 2 N–H and O–H groups in total. The number of hydrogen-bond donors (Lipinski definition) is 1. The Kier molecular flexibility index (Phi) is 3.75. The molecule has 4 heteroatoms. The van der Waals surface area contributed by atoms with E-state index in [1.807, 2.05) is 12.1 Å². The van der Waals surface area contributed by atoms with E-state index in [0.29, 0.717) is 12.3 Å². The lowest BCUT2D eigenvalue weighted by molar-refractivity contribution is 0.273. The fraction of sp³-hybridized carbons (Fsp3) is 0.583. The van der Waals surface area contributed by atoms with Gasteiger partial charge in [-0.2, -0.15) is 0 Å². The molecule has 0 spiro atoms. The van der Waals surface area contributed by atoms with Crippen molar-refractivity contribution in [3.8, 4) is 0 Å². The average molecular weight is 238 g/mol. The second kappa shape index (κ2) is 4.55. The molecule has 16 heavy (non-hydrogen) atoms. The van der Waals surface area contributed by atoms with E-state index in [2.05, 4.69) is 38.8 Å². The van der Waals surface area contributed by atoms with Crippen molar-refractivity contribution in [2.24, 2.45) is 0 Å². The fourth-order valence-electron chi connectivity index (χ4n) is 1.04. The second-order valence-corrected chi connectivity index (χ2v) is 10.4. The third-order valence-electron chi connectivity index (χ3n) is 3.30. The molecule has 1 rings (SSSR count). The van der Waals surface area contributed by atoms with E-state index in [1.54, 1.807) is 6.20 Å². The van der Waals surface area contributed by atoms with Crippen molar-refractivity contribution in [3.63, 3.8) is 0 Å². The number of aromatic nitrogens is 1. The van der Waals surface area contributed by atoms with Crippen molar-refractivity contribution < 1.29 is 4.43 Å². The first-order valence-corrected chi connectivity index (χ1v) is 8.48. The van der Waals surface area contributed by atoms with Crippen molar-refractivity contribution in [1.82, 2.24) is 4.98 Å². The van der Waals surface area contributed by atoms with Crippen LogP contribution in [0.25, 0.3) is 0 Å². The average Bonchev–Trinajstić information content (AvgIpc) is 2.15. The highest BCUT2D eigenvalue weighted by Crippen LogP contribution is 2.37. The van der Waals surface area contributed by atoms with Gasteiger partial charge < -0.3 is 10.2 Å². The molecule has 0 aliphatic carbocycles. The highest BCUT2D eigenvalue weighted by atomic mass is 28.4. The fourth-order valence-corrected chi connectivity index (χ4v) is 1.97. The van der Waals surface area contributed by atoms with Gasteiger partial charge in [0, 0.05) is 6.20 Å². The van der Waals surface area contributed by atoms with E-state index in [9.17, 15) is 0 Å². The molecule has 0 aromatic carbocycles. The first kappa shape index (κ1) is 13.2. The van der Waals surface area contributed by atoms with Gasteiger partial charge in [-0.05, 0) is 30.3 Å². The molecular formula is C12H22N2OSi. The molecule has 1 aromatic heterocycles. The quantitative estimate of drug-likeness (QED) is 0.823. The van der Waals surface area contributed by atoms with Crippen LogP contribution in [0.1, 0.15) is 26.5 Å². The van der Waals surface area contributed by atoms with Crippen molar-refractivity contribution in [3.05, 3.63) is 24.0 Å². The Hall–Kier alpha value is -0.873. The maximum Gasteiger partial charge on any atom is 0.192 e. The largest absolute Gasteiger partial charge is 0.411 e. The van der Waals surface area contributed by atoms with Crippen LogP contribution in [0.2, 0.25) is 18.1 Å². The zero-order valence-corrected chi connectivity index (χ0v) is 11.9. The number of hydrogen-bond acceptors (Lipinski definition) is 3. The van der Waals surface area contributed by atoms with Crippen LogP contribution in [0.4, 0.5) is 5.69 Å². The van der Waals surface area contributed by atoms with Crippen LogP contribution < -0.4 is 5.73 Å². The standard InChI is InChI=1S/C12H22N2OSi/c1-12(2,3)16(4,5)15-9-11-10(13)7-6-8-14-11/h6-8H,9,13H2,1-5H3. The number of anilines is 1. The van der Waals surface area contributed by atoms with Gasteiger partial charge in [-0.1, -0.05) is 20.8 Å². The summed E-state index contributed by atoms with van der Waals surface area (Å²) in [7, 11) is -1.71. The first-order valence-electron chi connectivity index (χ1n) is 5.57. The lowest BCUT2D eigenvalue weighted by atomic mass is 10.2. The van der Waals surface area contributed by atoms with Gasteiger partial charge in [0.25, 0.3) is 0 Å². The summed E-state index contributed by atoms with van der Waals surface area (Å²) < 4.78 is 6.06. The topological polar surface area (TPSA) is 48.1 Å². The van der Waals surface area contributed by atoms with Gasteiger partial charge in [-0.25, -0.2) is 0 Å². The van der Waals surface area contributed by atoms with Gasteiger partial charge in [0.1, 0.15) is 0 Å². The maximum atomic E-state index is 6.06. The number of nitrogens with zero attached hydrogens (tertiary/aromatic N) is 1. The Balaban J connectivity index is 2.69. The smallest absolute Gasteiger partial charge is 0.192 e. The molecule has 0 radical (unpaired) electrons. The van der Waals surface area contributed by atoms with Crippen LogP contribution in [0, 0.1) is 0 Å². The van der Waals surface area contributed by atoms with Crippen LogP contribution in [0.15, 0.2) is 18.3 Å². The van der Waals surface area contributed by atoms with E-state index in [1.165, 1.54) is 0 Å². The predicted molar refractivity (Wildman–Crippen MR) is 70.6 cm³/mol. The Labute approximate surface area is 99.2 Å². The zero-order valence-electron chi connectivity index (χ0n) is 10.9. The summed E-state index contributed by atoms with van der Waals surface area (Å²) in [6.45, 7) is 11.6. The SMILES string of the molecule is CC(C)(C)[Si](C)(C)OCc1ncccc1N. The Morgan fingerprint density at radius 3 is 2.50 bits per heavy atom. The molecule has 90 valence electrons. The summed E-state index contributed by atoms with van der Waals surface area (Å²) >= 11 is 0. The van der Waals surface area contributed by atoms with Crippen molar-refractivity contribution >= 4 is 14.0 Å². The molecule has 0 atom stereocenters. The van der Waals surface area contributed by atoms with Crippen LogP contribution in [0.3, 0.4) is 0 Å². The number of rotatable bonds is 3. The second-order valence-electron chi connectivity index (χ2n) is 5.59. The van der Waals surface area contributed by atoms with E-state index in [4.69, 9.17) is 10.2 Å². The molecule has 0 aliphatic heterocycles. The summed E-state index contributed by atoms with van der Waals surface area (Å²) in [4.78, 5) is 4.24. The van der Waals surface area contributed by atoms with Gasteiger partial charge in [-0.3, -0.25) is 4.98 Å². The molecule has 3 nitrogen and oxygen atoms in total. The normalized spacial score (nSPS) is 12.8. The van der Waals surface area contributed by atoms with Crippen LogP contribution >= 0.6 is 0 Å². The molecule has 0 fully saturated rings. The lowest BCUT2D eigenvalue weighted by Crippen LogP contribution is -2.40. The van der Waals surface area contributed by atoms with Crippen LogP contribution in [-0.4, -0.2) is 13.3 Å². The zero-order chi connectivity index (χ0) is 12.4. The minimum atomic E-state index is -1.71. The van der Waals surface area contributed by atoms with Crippen LogP contribution in [-0.2, 0) is 11.0 Å². The highest BCUT2D eigenvalue weighted by Gasteiger charge is 2.37. The van der Waals surface area contributed by atoms with Gasteiger partial charge >= 0.3 is 0 Å². The van der Waals surface area contributed by atoms with Crippen molar-refractivity contribution in [2.75, 3.05) is 5.73 Å². The number of nitrogen functional groups attached to an aromatic ring is 1. The summed E-state index contributed by atoms with van der Waals surface area (Å²) in [6, 6.07) is 3.70. The molecule has 0 unspecified atom stereocenters.